The summed E-state index contributed by atoms with van der Waals surface area (Å²) in [5, 5.41) is 16.4. The lowest BCUT2D eigenvalue weighted by Crippen LogP contribution is -2.40. The molecular weight excluding hydrogens is 572 g/mol. The molecule has 0 aliphatic rings. The first-order valence-corrected chi connectivity index (χ1v) is 13.3. The first kappa shape index (κ1) is 32.5. The number of carbonyl (C=O) groups is 3. The number of nitro benzene ring substituents is 1. The number of nitrogens with two attached hydrogens (primary N) is 1. The Kier molecular flexibility index (Phi) is 11.1. The lowest BCUT2D eigenvalue weighted by molar-refractivity contribution is -0.384. The zero-order valence-electron chi connectivity index (χ0n) is 23.5. The van der Waals surface area contributed by atoms with Crippen molar-refractivity contribution in [1.29, 1.82) is 0 Å². The summed E-state index contributed by atoms with van der Waals surface area (Å²) in [6.07, 6.45) is 3.47. The summed E-state index contributed by atoms with van der Waals surface area (Å²) in [4.78, 5) is 49.2. The molecule has 0 saturated heterocycles. The SMILES string of the molecule is CC[C@H](C)[C@H](N)C(=O)Nc1ccc(NC(=O)/C=C/c2ccc(-c3ccc([N+](=O)[O-])cc3)o2)cc1C(=O)c1ccccc1.Cl. The van der Waals surface area contributed by atoms with Crippen LogP contribution in [0.15, 0.2) is 95.4 Å². The Morgan fingerprint density at radius 3 is 2.33 bits per heavy atom. The topological polar surface area (TPSA) is 158 Å². The second-order valence-corrected chi connectivity index (χ2v) is 9.68. The highest BCUT2D eigenvalue weighted by Crippen LogP contribution is 2.26. The van der Waals surface area contributed by atoms with Crippen molar-refractivity contribution >= 4 is 53.1 Å². The molecule has 2 amide bonds. The van der Waals surface area contributed by atoms with E-state index in [-0.39, 0.29) is 41.0 Å². The minimum atomic E-state index is -0.748. The Labute approximate surface area is 254 Å². The summed E-state index contributed by atoms with van der Waals surface area (Å²) in [6.45, 7) is 3.82. The van der Waals surface area contributed by atoms with Gasteiger partial charge in [0, 0.05) is 40.6 Å². The number of furan rings is 1. The lowest BCUT2D eigenvalue weighted by Gasteiger charge is -2.19. The van der Waals surface area contributed by atoms with Crippen molar-refractivity contribution in [3.63, 3.8) is 0 Å². The molecule has 1 aromatic heterocycles. The molecular formula is C32H31ClN4O6. The van der Waals surface area contributed by atoms with Crippen LogP contribution in [0.4, 0.5) is 17.1 Å². The number of anilines is 2. The fraction of sp³-hybridized carbons (Fsp3) is 0.156. The molecule has 0 aliphatic heterocycles. The van der Waals surface area contributed by atoms with Gasteiger partial charge in [0.15, 0.2) is 5.78 Å². The van der Waals surface area contributed by atoms with Crippen molar-refractivity contribution in [2.24, 2.45) is 11.7 Å². The first-order chi connectivity index (χ1) is 20.2. The maximum atomic E-state index is 13.4. The van der Waals surface area contributed by atoms with E-state index in [4.69, 9.17) is 10.2 Å². The molecule has 1 heterocycles. The van der Waals surface area contributed by atoms with E-state index < -0.39 is 22.8 Å². The van der Waals surface area contributed by atoms with E-state index in [1.807, 2.05) is 13.8 Å². The molecule has 222 valence electrons. The van der Waals surface area contributed by atoms with Crippen molar-refractivity contribution in [2.75, 3.05) is 10.6 Å². The molecule has 0 radical (unpaired) electrons. The Hall–Kier alpha value is -5.06. The quantitative estimate of drug-likeness (QED) is 0.0768. The average molecular weight is 603 g/mol. The standard InChI is InChI=1S/C32H30N4O6.ClH/c1-3-20(2)30(33)32(39)35-27-16-11-23(19-26(27)31(38)22-7-5-4-6-8-22)34-29(37)18-15-25-14-17-28(42-25)21-9-12-24(13-10-21)36(40)41;/h4-20,30H,3,33H2,1-2H3,(H,34,37)(H,35,39);1H/b18-15+;/t20-,30-;/m0./s1. The molecule has 0 aliphatic carbocycles. The van der Waals surface area contributed by atoms with Gasteiger partial charge in [0.25, 0.3) is 5.69 Å². The van der Waals surface area contributed by atoms with Crippen molar-refractivity contribution in [3.05, 3.63) is 118 Å². The first-order valence-electron chi connectivity index (χ1n) is 13.3. The van der Waals surface area contributed by atoms with Crippen molar-refractivity contribution < 1.29 is 23.7 Å². The van der Waals surface area contributed by atoms with Crippen LogP contribution in [0.25, 0.3) is 17.4 Å². The number of halogens is 1. The van der Waals surface area contributed by atoms with Gasteiger partial charge in [0.2, 0.25) is 11.8 Å². The highest BCUT2D eigenvalue weighted by atomic mass is 35.5. The molecule has 4 N–H and O–H groups in total. The molecule has 4 aromatic rings. The summed E-state index contributed by atoms with van der Waals surface area (Å²) in [6, 6.07) is 21.8. The van der Waals surface area contributed by atoms with Crippen LogP contribution >= 0.6 is 12.4 Å². The third-order valence-corrected chi connectivity index (χ3v) is 6.77. The second-order valence-electron chi connectivity index (χ2n) is 9.68. The number of nitrogens with one attached hydrogen (secondary N) is 2. The Bertz CT molecular complexity index is 1630. The third-order valence-electron chi connectivity index (χ3n) is 6.77. The van der Waals surface area contributed by atoms with E-state index in [1.54, 1.807) is 66.7 Å². The average Bonchev–Trinajstić information content (AvgIpc) is 3.49. The van der Waals surface area contributed by atoms with Crippen LogP contribution in [0.2, 0.25) is 0 Å². The molecule has 2 atom stereocenters. The van der Waals surface area contributed by atoms with Gasteiger partial charge in [-0.2, -0.15) is 0 Å². The van der Waals surface area contributed by atoms with Crippen LogP contribution in [0.5, 0.6) is 0 Å². The Morgan fingerprint density at radius 2 is 1.67 bits per heavy atom. The number of ketones is 1. The fourth-order valence-electron chi connectivity index (χ4n) is 4.08. The van der Waals surface area contributed by atoms with Gasteiger partial charge in [-0.05, 0) is 54.5 Å². The molecule has 0 saturated carbocycles. The number of nitro groups is 1. The van der Waals surface area contributed by atoms with Gasteiger partial charge in [-0.25, -0.2) is 0 Å². The summed E-state index contributed by atoms with van der Waals surface area (Å²) in [5.41, 5.74) is 7.97. The maximum absolute atomic E-state index is 13.4. The summed E-state index contributed by atoms with van der Waals surface area (Å²) >= 11 is 0. The van der Waals surface area contributed by atoms with E-state index in [0.717, 1.165) is 6.42 Å². The van der Waals surface area contributed by atoms with Gasteiger partial charge >= 0.3 is 0 Å². The minimum absolute atomic E-state index is 0. The van der Waals surface area contributed by atoms with Crippen LogP contribution in [-0.2, 0) is 9.59 Å². The van der Waals surface area contributed by atoms with Crippen LogP contribution < -0.4 is 16.4 Å². The molecule has 43 heavy (non-hydrogen) atoms. The second kappa shape index (κ2) is 14.7. The van der Waals surface area contributed by atoms with Gasteiger partial charge in [-0.3, -0.25) is 24.5 Å². The Balaban J connectivity index is 0.00000506. The number of carbonyl (C=O) groups excluding carboxylic acids is 3. The lowest BCUT2D eigenvalue weighted by atomic mass is 9.98. The number of non-ortho nitro benzene ring substituents is 1. The number of rotatable bonds is 11. The van der Waals surface area contributed by atoms with Gasteiger partial charge in [0.05, 0.1) is 16.7 Å². The van der Waals surface area contributed by atoms with E-state index in [9.17, 15) is 24.5 Å². The molecule has 0 spiro atoms. The normalized spacial score (nSPS) is 12.2. The monoisotopic (exact) mass is 602 g/mol. The third kappa shape index (κ3) is 8.25. The number of hydrogen-bond acceptors (Lipinski definition) is 7. The van der Waals surface area contributed by atoms with E-state index in [2.05, 4.69) is 10.6 Å². The van der Waals surface area contributed by atoms with Crippen molar-refractivity contribution in [3.8, 4) is 11.3 Å². The summed E-state index contributed by atoms with van der Waals surface area (Å²) in [5.74, 6) is -0.379. The number of benzene rings is 3. The maximum Gasteiger partial charge on any atom is 0.269 e. The number of hydrogen-bond donors (Lipinski definition) is 3. The zero-order valence-corrected chi connectivity index (χ0v) is 24.3. The predicted molar refractivity (Wildman–Crippen MR) is 168 cm³/mol. The van der Waals surface area contributed by atoms with Crippen molar-refractivity contribution in [2.45, 2.75) is 26.3 Å². The van der Waals surface area contributed by atoms with Crippen LogP contribution in [0, 0.1) is 16.0 Å². The van der Waals surface area contributed by atoms with Gasteiger partial charge in [-0.15, -0.1) is 12.4 Å². The molecule has 4 rings (SSSR count). The Morgan fingerprint density at radius 1 is 0.977 bits per heavy atom. The molecule has 10 nitrogen and oxygen atoms in total. The largest absolute Gasteiger partial charge is 0.457 e. The summed E-state index contributed by atoms with van der Waals surface area (Å²) < 4.78 is 5.74. The summed E-state index contributed by atoms with van der Waals surface area (Å²) in [7, 11) is 0. The van der Waals surface area contributed by atoms with Gasteiger partial charge < -0.3 is 20.8 Å². The van der Waals surface area contributed by atoms with Crippen LogP contribution in [0.3, 0.4) is 0 Å². The van der Waals surface area contributed by atoms with E-state index in [1.165, 1.54) is 30.4 Å². The van der Waals surface area contributed by atoms with E-state index in [0.29, 0.717) is 28.3 Å². The highest BCUT2D eigenvalue weighted by Gasteiger charge is 2.22. The highest BCUT2D eigenvalue weighted by molar-refractivity contribution is 6.15. The van der Waals surface area contributed by atoms with Gasteiger partial charge in [0.1, 0.15) is 11.5 Å². The molecule has 3 aromatic carbocycles. The molecule has 0 bridgehead atoms. The molecule has 11 heteroatoms. The molecule has 0 fully saturated rings. The van der Waals surface area contributed by atoms with Crippen molar-refractivity contribution in [1.82, 2.24) is 0 Å². The number of amides is 2. The zero-order chi connectivity index (χ0) is 30.2. The number of nitrogens with zero attached hydrogens (tertiary/aromatic N) is 1. The molecule has 0 unspecified atom stereocenters. The van der Waals surface area contributed by atoms with Gasteiger partial charge in [-0.1, -0.05) is 50.6 Å². The predicted octanol–water partition coefficient (Wildman–Crippen LogP) is 6.47. The van der Waals surface area contributed by atoms with E-state index >= 15 is 0 Å². The van der Waals surface area contributed by atoms with Crippen LogP contribution in [0.1, 0.15) is 41.9 Å². The smallest absolute Gasteiger partial charge is 0.269 e. The fourth-order valence-corrected chi connectivity index (χ4v) is 4.08. The minimum Gasteiger partial charge on any atom is -0.457 e. The van der Waals surface area contributed by atoms with Crippen LogP contribution in [-0.4, -0.2) is 28.6 Å².